The van der Waals surface area contributed by atoms with Gasteiger partial charge in [0.25, 0.3) is 0 Å². The highest BCUT2D eigenvalue weighted by Gasteiger charge is 2.29. The SMILES string of the molecule is C[C@H]1CCN1c1nc2c(c(-c3cc4c(N)nccc4s3)n1)CCC2. The van der Waals surface area contributed by atoms with Crippen LogP contribution in [-0.2, 0) is 12.8 Å². The number of anilines is 2. The summed E-state index contributed by atoms with van der Waals surface area (Å²) in [5.41, 5.74) is 9.70. The zero-order valence-electron chi connectivity index (χ0n) is 13.6. The molecular formula is C18H19N5S. The first kappa shape index (κ1) is 14.2. The van der Waals surface area contributed by atoms with Crippen LogP contribution in [-0.4, -0.2) is 27.5 Å². The van der Waals surface area contributed by atoms with Gasteiger partial charge in [0.15, 0.2) is 0 Å². The maximum absolute atomic E-state index is 6.04. The van der Waals surface area contributed by atoms with Gasteiger partial charge in [-0.25, -0.2) is 15.0 Å². The minimum Gasteiger partial charge on any atom is -0.383 e. The first-order valence-corrected chi connectivity index (χ1v) is 9.33. The number of hydrogen-bond donors (Lipinski definition) is 1. The molecule has 5 rings (SSSR count). The molecule has 3 aromatic heterocycles. The van der Waals surface area contributed by atoms with Gasteiger partial charge in [0.1, 0.15) is 5.82 Å². The van der Waals surface area contributed by atoms with Crippen molar-refractivity contribution in [2.75, 3.05) is 17.2 Å². The molecule has 0 bridgehead atoms. The highest BCUT2D eigenvalue weighted by molar-refractivity contribution is 7.22. The Hall–Kier alpha value is -2.21. The molecule has 0 saturated carbocycles. The van der Waals surface area contributed by atoms with Crippen LogP contribution in [0, 0.1) is 0 Å². The van der Waals surface area contributed by atoms with E-state index in [1.165, 1.54) is 33.7 Å². The molecule has 1 aliphatic heterocycles. The van der Waals surface area contributed by atoms with Crippen molar-refractivity contribution in [1.82, 2.24) is 15.0 Å². The van der Waals surface area contributed by atoms with E-state index in [1.807, 2.05) is 6.07 Å². The van der Waals surface area contributed by atoms with Crippen LogP contribution in [0.4, 0.5) is 11.8 Å². The fraction of sp³-hybridized carbons (Fsp3) is 0.389. The Morgan fingerprint density at radius 2 is 2.21 bits per heavy atom. The van der Waals surface area contributed by atoms with Crippen LogP contribution in [0.25, 0.3) is 20.7 Å². The lowest BCUT2D eigenvalue weighted by Gasteiger charge is -2.39. The van der Waals surface area contributed by atoms with Gasteiger partial charge in [0.05, 0.1) is 10.6 Å². The summed E-state index contributed by atoms with van der Waals surface area (Å²) in [6.07, 6.45) is 6.30. The van der Waals surface area contributed by atoms with Crippen LogP contribution < -0.4 is 10.6 Å². The van der Waals surface area contributed by atoms with Crippen LogP contribution in [0.5, 0.6) is 0 Å². The van der Waals surface area contributed by atoms with E-state index in [9.17, 15) is 0 Å². The monoisotopic (exact) mass is 337 g/mol. The number of nitrogen functional groups attached to an aromatic ring is 1. The van der Waals surface area contributed by atoms with Crippen molar-refractivity contribution in [2.45, 2.75) is 38.6 Å². The van der Waals surface area contributed by atoms with Gasteiger partial charge in [-0.1, -0.05) is 0 Å². The van der Waals surface area contributed by atoms with Crippen molar-refractivity contribution in [1.29, 1.82) is 0 Å². The summed E-state index contributed by atoms with van der Waals surface area (Å²) in [4.78, 5) is 17.5. The van der Waals surface area contributed by atoms with Crippen molar-refractivity contribution in [2.24, 2.45) is 0 Å². The summed E-state index contributed by atoms with van der Waals surface area (Å²) in [5.74, 6) is 1.49. The van der Waals surface area contributed by atoms with Crippen molar-refractivity contribution >= 4 is 33.2 Å². The van der Waals surface area contributed by atoms with Crippen LogP contribution >= 0.6 is 11.3 Å². The van der Waals surface area contributed by atoms with E-state index in [1.54, 1.807) is 17.5 Å². The van der Waals surface area contributed by atoms with Crippen LogP contribution in [0.2, 0.25) is 0 Å². The van der Waals surface area contributed by atoms with Crippen molar-refractivity contribution in [3.8, 4) is 10.6 Å². The third kappa shape index (κ3) is 2.02. The van der Waals surface area contributed by atoms with Crippen molar-refractivity contribution in [3.05, 3.63) is 29.6 Å². The third-order valence-electron chi connectivity index (χ3n) is 5.21. The third-order valence-corrected chi connectivity index (χ3v) is 6.31. The maximum Gasteiger partial charge on any atom is 0.226 e. The minimum atomic E-state index is 0.541. The summed E-state index contributed by atoms with van der Waals surface area (Å²) < 4.78 is 1.17. The van der Waals surface area contributed by atoms with Gasteiger partial charge < -0.3 is 10.6 Å². The van der Waals surface area contributed by atoms with Crippen LogP contribution in [0.15, 0.2) is 18.3 Å². The number of nitrogens with two attached hydrogens (primary N) is 1. The summed E-state index contributed by atoms with van der Waals surface area (Å²) >= 11 is 1.75. The summed E-state index contributed by atoms with van der Waals surface area (Å²) in [6.45, 7) is 3.30. The predicted octanol–water partition coefficient (Wildman–Crippen LogP) is 3.42. The molecular weight excluding hydrogens is 318 g/mol. The van der Waals surface area contributed by atoms with E-state index in [2.05, 4.69) is 22.9 Å². The molecule has 2 aliphatic rings. The number of hydrogen-bond acceptors (Lipinski definition) is 6. The second-order valence-corrected chi connectivity index (χ2v) is 7.78. The zero-order valence-corrected chi connectivity index (χ0v) is 14.4. The van der Waals surface area contributed by atoms with Gasteiger partial charge >= 0.3 is 0 Å². The first-order chi connectivity index (χ1) is 11.7. The number of nitrogens with zero attached hydrogens (tertiary/aromatic N) is 4. The van der Waals surface area contributed by atoms with E-state index < -0.39 is 0 Å². The number of aromatic nitrogens is 3. The molecule has 0 unspecified atom stereocenters. The zero-order chi connectivity index (χ0) is 16.3. The first-order valence-electron chi connectivity index (χ1n) is 8.51. The van der Waals surface area contributed by atoms with Gasteiger partial charge in [-0.05, 0) is 44.7 Å². The molecule has 3 aromatic rings. The van der Waals surface area contributed by atoms with Gasteiger partial charge in [0, 0.05) is 40.1 Å². The van der Waals surface area contributed by atoms with E-state index in [0.717, 1.165) is 36.4 Å². The Kier molecular flexibility index (Phi) is 3.03. The van der Waals surface area contributed by atoms with E-state index in [0.29, 0.717) is 11.9 Å². The second-order valence-electron chi connectivity index (χ2n) is 6.70. The predicted molar refractivity (Wildman–Crippen MR) is 98.5 cm³/mol. The molecule has 2 N–H and O–H groups in total. The van der Waals surface area contributed by atoms with Crippen molar-refractivity contribution in [3.63, 3.8) is 0 Å². The minimum absolute atomic E-state index is 0.541. The Labute approximate surface area is 144 Å². The molecule has 1 aliphatic carbocycles. The highest BCUT2D eigenvalue weighted by atomic mass is 32.1. The highest BCUT2D eigenvalue weighted by Crippen LogP contribution is 2.39. The molecule has 0 aromatic carbocycles. The molecule has 1 fully saturated rings. The Morgan fingerprint density at radius 3 is 2.96 bits per heavy atom. The fourth-order valence-corrected chi connectivity index (χ4v) is 4.75. The molecule has 5 nitrogen and oxygen atoms in total. The molecule has 4 heterocycles. The second kappa shape index (κ2) is 5.14. The average Bonchev–Trinajstić information content (AvgIpc) is 3.19. The summed E-state index contributed by atoms with van der Waals surface area (Å²) in [5, 5.41) is 1.03. The Balaban J connectivity index is 1.69. The smallest absolute Gasteiger partial charge is 0.226 e. The summed E-state index contributed by atoms with van der Waals surface area (Å²) in [6, 6.07) is 4.71. The van der Waals surface area contributed by atoms with Crippen molar-refractivity contribution < 1.29 is 0 Å². The van der Waals surface area contributed by atoms with Gasteiger partial charge in [-0.15, -0.1) is 11.3 Å². The van der Waals surface area contributed by atoms with Crippen LogP contribution in [0.3, 0.4) is 0 Å². The topological polar surface area (TPSA) is 67.9 Å². The van der Waals surface area contributed by atoms with Crippen LogP contribution in [0.1, 0.15) is 31.0 Å². The molecule has 1 saturated heterocycles. The lowest BCUT2D eigenvalue weighted by atomic mass is 10.1. The lowest BCUT2D eigenvalue weighted by Crippen LogP contribution is -2.46. The van der Waals surface area contributed by atoms with E-state index in [4.69, 9.17) is 15.7 Å². The Bertz CT molecular complexity index is 948. The largest absolute Gasteiger partial charge is 0.383 e. The fourth-order valence-electron chi connectivity index (χ4n) is 3.67. The number of pyridine rings is 1. The van der Waals surface area contributed by atoms with Gasteiger partial charge in [0.2, 0.25) is 5.95 Å². The van der Waals surface area contributed by atoms with E-state index >= 15 is 0 Å². The molecule has 0 spiro atoms. The molecule has 24 heavy (non-hydrogen) atoms. The quantitative estimate of drug-likeness (QED) is 0.776. The number of fused-ring (bicyclic) bond motifs is 2. The molecule has 6 heteroatoms. The molecule has 1 atom stereocenters. The molecule has 0 amide bonds. The lowest BCUT2D eigenvalue weighted by molar-refractivity contribution is 0.470. The number of aryl methyl sites for hydroxylation is 1. The molecule has 122 valence electrons. The Morgan fingerprint density at radius 1 is 1.29 bits per heavy atom. The van der Waals surface area contributed by atoms with E-state index in [-0.39, 0.29) is 0 Å². The van der Waals surface area contributed by atoms with Gasteiger partial charge in [-0.2, -0.15) is 0 Å². The maximum atomic E-state index is 6.04. The van der Waals surface area contributed by atoms with Gasteiger partial charge in [-0.3, -0.25) is 0 Å². The average molecular weight is 337 g/mol. The normalized spacial score (nSPS) is 19.5. The standard InChI is InChI=1S/C18H19N5S/c1-10-6-8-23(10)18-21-13-4-2-3-11(13)16(22-18)15-9-12-14(24-15)5-7-20-17(12)19/h5,7,9-10H,2-4,6,8H2,1H3,(H2,19,20)/t10-/m0/s1. The molecule has 0 radical (unpaired) electrons. The summed E-state index contributed by atoms with van der Waals surface area (Å²) in [7, 11) is 0. The number of thiophene rings is 1. The number of rotatable bonds is 2.